The first-order chi connectivity index (χ1) is 10.6. The van der Waals surface area contributed by atoms with E-state index in [-0.39, 0.29) is 5.56 Å². The summed E-state index contributed by atoms with van der Waals surface area (Å²) in [4.78, 5) is 19.0. The summed E-state index contributed by atoms with van der Waals surface area (Å²) in [5.74, 6) is 0. The monoisotopic (exact) mass is 301 g/mol. The Labute approximate surface area is 130 Å². The van der Waals surface area contributed by atoms with Gasteiger partial charge in [0, 0.05) is 32.0 Å². The molecule has 3 heterocycles. The van der Waals surface area contributed by atoms with Gasteiger partial charge in [0.15, 0.2) is 0 Å². The average molecular weight is 301 g/mol. The van der Waals surface area contributed by atoms with Crippen LogP contribution in [-0.4, -0.2) is 40.6 Å². The second kappa shape index (κ2) is 6.58. The minimum atomic E-state index is -0.0222. The molecule has 0 bridgehead atoms. The van der Waals surface area contributed by atoms with Gasteiger partial charge in [0.1, 0.15) is 5.65 Å². The lowest BCUT2D eigenvalue weighted by molar-refractivity contribution is -0.00274. The topological polar surface area (TPSA) is 46.8 Å². The van der Waals surface area contributed by atoms with Gasteiger partial charge in [0.05, 0.1) is 11.8 Å². The summed E-state index contributed by atoms with van der Waals surface area (Å²) in [5, 5.41) is 0. The van der Waals surface area contributed by atoms with Gasteiger partial charge in [-0.05, 0) is 44.9 Å². The number of aryl methyl sites for hydroxylation is 1. The molecule has 0 aromatic carbocycles. The van der Waals surface area contributed by atoms with E-state index in [0.29, 0.717) is 18.3 Å². The molecule has 5 nitrogen and oxygen atoms in total. The van der Waals surface area contributed by atoms with E-state index in [9.17, 15) is 4.79 Å². The van der Waals surface area contributed by atoms with Crippen LogP contribution in [0.15, 0.2) is 29.2 Å². The Kier molecular flexibility index (Phi) is 4.55. The van der Waals surface area contributed by atoms with Gasteiger partial charge in [0.25, 0.3) is 5.56 Å². The van der Waals surface area contributed by atoms with Crippen molar-refractivity contribution in [3.05, 3.63) is 46.0 Å². The van der Waals surface area contributed by atoms with E-state index >= 15 is 0 Å². The van der Waals surface area contributed by atoms with Gasteiger partial charge in [-0.25, -0.2) is 4.98 Å². The molecule has 0 amide bonds. The van der Waals surface area contributed by atoms with E-state index in [1.807, 2.05) is 25.3 Å². The largest absolute Gasteiger partial charge is 0.377 e. The molecule has 1 saturated heterocycles. The minimum absolute atomic E-state index is 0.0222. The molecule has 0 aliphatic carbocycles. The number of fused-ring (bicyclic) bond motifs is 1. The fourth-order valence-electron chi connectivity index (χ4n) is 2.98. The zero-order valence-corrected chi connectivity index (χ0v) is 13.3. The Balaban J connectivity index is 1.73. The zero-order valence-electron chi connectivity index (χ0n) is 13.3. The van der Waals surface area contributed by atoms with Gasteiger partial charge >= 0.3 is 0 Å². The number of ether oxygens (including phenoxy) is 1. The predicted molar refractivity (Wildman–Crippen MR) is 86.1 cm³/mol. The summed E-state index contributed by atoms with van der Waals surface area (Å²) in [6, 6.07) is 5.50. The van der Waals surface area contributed by atoms with Gasteiger partial charge in [0.2, 0.25) is 0 Å². The Bertz CT molecular complexity index is 705. The van der Waals surface area contributed by atoms with E-state index in [0.717, 1.165) is 30.8 Å². The van der Waals surface area contributed by atoms with Crippen molar-refractivity contribution in [1.82, 2.24) is 14.3 Å². The van der Waals surface area contributed by atoms with Crippen molar-refractivity contribution >= 4 is 5.65 Å². The highest BCUT2D eigenvalue weighted by atomic mass is 16.5. The number of rotatable bonds is 4. The number of aromatic nitrogens is 2. The van der Waals surface area contributed by atoms with Gasteiger partial charge in [-0.3, -0.25) is 14.1 Å². The molecule has 1 atom stereocenters. The lowest BCUT2D eigenvalue weighted by Crippen LogP contribution is -2.33. The van der Waals surface area contributed by atoms with E-state index < -0.39 is 0 Å². The Hall–Kier alpha value is -1.72. The van der Waals surface area contributed by atoms with Gasteiger partial charge in [-0.15, -0.1) is 0 Å². The molecule has 0 unspecified atom stereocenters. The third-order valence-corrected chi connectivity index (χ3v) is 4.08. The number of pyridine rings is 1. The van der Waals surface area contributed by atoms with Crippen LogP contribution in [-0.2, 0) is 11.3 Å². The molecule has 22 heavy (non-hydrogen) atoms. The van der Waals surface area contributed by atoms with Crippen LogP contribution in [0.25, 0.3) is 5.65 Å². The first-order valence-corrected chi connectivity index (χ1v) is 7.91. The summed E-state index contributed by atoms with van der Waals surface area (Å²) in [5.41, 5.74) is 2.55. The third kappa shape index (κ3) is 3.54. The van der Waals surface area contributed by atoms with Crippen molar-refractivity contribution in [3.8, 4) is 0 Å². The molecule has 118 valence electrons. The maximum absolute atomic E-state index is 12.2. The van der Waals surface area contributed by atoms with Crippen LogP contribution in [0.5, 0.6) is 0 Å². The second-order valence-corrected chi connectivity index (χ2v) is 6.21. The molecule has 0 spiro atoms. The number of nitrogens with zero attached hydrogens (tertiary/aromatic N) is 3. The quantitative estimate of drug-likeness (QED) is 0.866. The Morgan fingerprint density at radius 3 is 3.05 bits per heavy atom. The van der Waals surface area contributed by atoms with E-state index in [4.69, 9.17) is 4.74 Å². The summed E-state index contributed by atoms with van der Waals surface area (Å²) in [7, 11) is 2.05. The number of hydrogen-bond acceptors (Lipinski definition) is 4. The highest BCUT2D eigenvalue weighted by Gasteiger charge is 2.16. The fraction of sp³-hybridized carbons (Fsp3) is 0.529. The predicted octanol–water partition coefficient (Wildman–Crippen LogP) is 2.00. The maximum atomic E-state index is 12.2. The van der Waals surface area contributed by atoms with Crippen LogP contribution < -0.4 is 5.56 Å². The van der Waals surface area contributed by atoms with E-state index in [2.05, 4.69) is 16.9 Å². The zero-order chi connectivity index (χ0) is 15.5. The molecular formula is C17H23N3O2. The summed E-state index contributed by atoms with van der Waals surface area (Å²) >= 11 is 0. The van der Waals surface area contributed by atoms with Crippen molar-refractivity contribution in [1.29, 1.82) is 0 Å². The molecular weight excluding hydrogens is 278 g/mol. The van der Waals surface area contributed by atoms with Crippen LogP contribution in [0.1, 0.15) is 30.5 Å². The first kappa shape index (κ1) is 15.2. The summed E-state index contributed by atoms with van der Waals surface area (Å²) in [6.07, 6.45) is 5.67. The van der Waals surface area contributed by atoms with Crippen molar-refractivity contribution in [2.75, 3.05) is 20.2 Å². The molecule has 2 aromatic heterocycles. The molecule has 1 aliphatic heterocycles. The maximum Gasteiger partial charge on any atom is 0.258 e. The summed E-state index contributed by atoms with van der Waals surface area (Å²) < 4.78 is 7.37. The second-order valence-electron chi connectivity index (χ2n) is 6.21. The van der Waals surface area contributed by atoms with Crippen LogP contribution in [0.2, 0.25) is 0 Å². The number of likely N-dealkylation sites (N-methyl/N-ethyl adjacent to an activating group) is 1. The highest BCUT2D eigenvalue weighted by molar-refractivity contribution is 5.39. The molecule has 1 fully saturated rings. The van der Waals surface area contributed by atoms with Gasteiger partial charge in [-0.2, -0.15) is 0 Å². The Morgan fingerprint density at radius 2 is 2.27 bits per heavy atom. The normalized spacial score (nSPS) is 19.0. The van der Waals surface area contributed by atoms with Crippen LogP contribution in [0.3, 0.4) is 0 Å². The van der Waals surface area contributed by atoms with Crippen LogP contribution in [0, 0.1) is 6.92 Å². The molecule has 3 rings (SSSR count). The van der Waals surface area contributed by atoms with Gasteiger partial charge in [-0.1, -0.05) is 6.07 Å². The summed E-state index contributed by atoms with van der Waals surface area (Å²) in [6.45, 7) is 4.39. The smallest absolute Gasteiger partial charge is 0.258 e. The SMILES string of the molecule is Cc1ccc2nc(CN(C)C[C@H]3CCCCO3)cc(=O)n2c1. The molecule has 0 N–H and O–H groups in total. The van der Waals surface area contributed by atoms with E-state index in [1.165, 1.54) is 12.8 Å². The highest BCUT2D eigenvalue weighted by Crippen LogP contribution is 2.14. The van der Waals surface area contributed by atoms with Crippen molar-refractivity contribution in [2.24, 2.45) is 0 Å². The van der Waals surface area contributed by atoms with Crippen LogP contribution >= 0.6 is 0 Å². The first-order valence-electron chi connectivity index (χ1n) is 7.91. The van der Waals surface area contributed by atoms with Crippen molar-refractivity contribution < 1.29 is 4.74 Å². The fourth-order valence-corrected chi connectivity index (χ4v) is 2.98. The molecule has 0 saturated carbocycles. The van der Waals surface area contributed by atoms with Crippen LogP contribution in [0.4, 0.5) is 0 Å². The van der Waals surface area contributed by atoms with Crippen molar-refractivity contribution in [3.63, 3.8) is 0 Å². The van der Waals surface area contributed by atoms with E-state index in [1.54, 1.807) is 10.5 Å². The third-order valence-electron chi connectivity index (χ3n) is 4.08. The van der Waals surface area contributed by atoms with Crippen molar-refractivity contribution in [2.45, 2.75) is 38.8 Å². The minimum Gasteiger partial charge on any atom is -0.377 e. The molecule has 5 heteroatoms. The average Bonchev–Trinajstić information content (AvgIpc) is 2.49. The lowest BCUT2D eigenvalue weighted by Gasteiger charge is -2.27. The number of hydrogen-bond donors (Lipinski definition) is 0. The standard InChI is InChI=1S/C17H23N3O2/c1-13-6-7-16-18-14(9-17(21)20(16)10-13)11-19(2)12-15-5-3-4-8-22-15/h6-7,9-10,15H,3-5,8,11-12H2,1-2H3/t15-/m1/s1. The Morgan fingerprint density at radius 1 is 1.41 bits per heavy atom. The molecule has 1 aliphatic rings. The molecule has 2 aromatic rings. The van der Waals surface area contributed by atoms with Gasteiger partial charge < -0.3 is 4.74 Å². The lowest BCUT2D eigenvalue weighted by atomic mass is 10.1. The molecule has 0 radical (unpaired) electrons.